The molecule has 106 valence electrons. The Hall–Kier alpha value is -1.26. The Morgan fingerprint density at radius 1 is 1.15 bits per heavy atom. The number of hydrogen-bond donors (Lipinski definition) is 1. The quantitative estimate of drug-likeness (QED) is 0.848. The molecule has 20 heavy (non-hydrogen) atoms. The van der Waals surface area contributed by atoms with Gasteiger partial charge in [-0.05, 0) is 48.9 Å². The second-order valence-electron chi connectivity index (χ2n) is 4.67. The summed E-state index contributed by atoms with van der Waals surface area (Å²) < 4.78 is 28.4. The van der Waals surface area contributed by atoms with Gasteiger partial charge in [0.15, 0.2) is 0 Å². The topological polar surface area (TPSA) is 12.0 Å². The van der Waals surface area contributed by atoms with Gasteiger partial charge in [0.05, 0.1) is 6.04 Å². The van der Waals surface area contributed by atoms with E-state index in [1.54, 1.807) is 0 Å². The van der Waals surface area contributed by atoms with Gasteiger partial charge in [-0.1, -0.05) is 35.0 Å². The maximum absolute atomic E-state index is 14.0. The molecule has 1 atom stereocenters. The van der Waals surface area contributed by atoms with E-state index in [-0.39, 0.29) is 6.04 Å². The van der Waals surface area contributed by atoms with E-state index in [0.717, 1.165) is 21.7 Å². The van der Waals surface area contributed by atoms with Crippen LogP contribution in [0.4, 0.5) is 8.78 Å². The molecule has 1 nitrogen and oxygen atoms in total. The Bertz CT molecular complexity index is 613. The van der Waals surface area contributed by atoms with Crippen molar-refractivity contribution in [3.05, 3.63) is 69.2 Å². The molecule has 0 spiro atoms. The summed E-state index contributed by atoms with van der Waals surface area (Å²) in [6, 6.07) is 9.00. The van der Waals surface area contributed by atoms with E-state index in [9.17, 15) is 8.78 Å². The average Bonchev–Trinajstić information content (AvgIpc) is 2.42. The van der Waals surface area contributed by atoms with E-state index < -0.39 is 11.6 Å². The number of rotatable bonds is 4. The van der Waals surface area contributed by atoms with E-state index in [0.29, 0.717) is 12.1 Å². The van der Waals surface area contributed by atoms with Gasteiger partial charge in [-0.15, -0.1) is 0 Å². The van der Waals surface area contributed by atoms with Gasteiger partial charge in [-0.25, -0.2) is 8.78 Å². The molecule has 0 saturated carbocycles. The smallest absolute Gasteiger partial charge is 0.128 e. The third-order valence-corrected chi connectivity index (χ3v) is 4.08. The molecule has 0 aliphatic carbocycles. The minimum absolute atomic E-state index is 0.327. The zero-order valence-electron chi connectivity index (χ0n) is 11.4. The summed E-state index contributed by atoms with van der Waals surface area (Å²) in [4.78, 5) is 0. The van der Waals surface area contributed by atoms with E-state index >= 15 is 0 Å². The largest absolute Gasteiger partial charge is 0.306 e. The Kier molecular flexibility index (Phi) is 4.89. The number of benzene rings is 2. The Labute approximate surface area is 126 Å². The van der Waals surface area contributed by atoms with Crippen LogP contribution in [-0.2, 0) is 0 Å². The van der Waals surface area contributed by atoms with Crippen LogP contribution in [0.3, 0.4) is 0 Å². The molecule has 2 rings (SSSR count). The van der Waals surface area contributed by atoms with Gasteiger partial charge in [0.25, 0.3) is 0 Å². The van der Waals surface area contributed by atoms with Crippen LogP contribution >= 0.6 is 15.9 Å². The van der Waals surface area contributed by atoms with Crippen LogP contribution in [0.25, 0.3) is 0 Å². The summed E-state index contributed by atoms with van der Waals surface area (Å²) in [6.45, 7) is 4.57. The number of nitrogens with one attached hydrogen (secondary N) is 1. The molecule has 0 amide bonds. The molecule has 0 aliphatic heterocycles. The highest BCUT2D eigenvalue weighted by atomic mass is 79.9. The van der Waals surface area contributed by atoms with Crippen LogP contribution in [0.1, 0.15) is 29.7 Å². The van der Waals surface area contributed by atoms with E-state index in [2.05, 4.69) is 21.2 Å². The first-order chi connectivity index (χ1) is 9.52. The van der Waals surface area contributed by atoms with E-state index in [1.165, 1.54) is 12.1 Å². The van der Waals surface area contributed by atoms with Gasteiger partial charge in [-0.3, -0.25) is 0 Å². The Morgan fingerprint density at radius 3 is 2.55 bits per heavy atom. The summed E-state index contributed by atoms with van der Waals surface area (Å²) >= 11 is 3.45. The molecular formula is C16H16BrF2N. The van der Waals surface area contributed by atoms with Crippen LogP contribution in [-0.4, -0.2) is 6.54 Å². The van der Waals surface area contributed by atoms with Crippen molar-refractivity contribution in [1.82, 2.24) is 5.32 Å². The molecule has 0 fully saturated rings. The summed E-state index contributed by atoms with van der Waals surface area (Å²) in [5.41, 5.74) is 2.30. The van der Waals surface area contributed by atoms with Gasteiger partial charge in [-0.2, -0.15) is 0 Å². The summed E-state index contributed by atoms with van der Waals surface area (Å²) in [6.07, 6.45) is 0. The molecule has 2 aromatic carbocycles. The maximum Gasteiger partial charge on any atom is 0.128 e. The van der Waals surface area contributed by atoms with Crippen molar-refractivity contribution in [3.63, 3.8) is 0 Å². The molecule has 0 aliphatic rings. The van der Waals surface area contributed by atoms with E-state index in [1.807, 2.05) is 32.0 Å². The summed E-state index contributed by atoms with van der Waals surface area (Å²) in [7, 11) is 0. The lowest BCUT2D eigenvalue weighted by molar-refractivity contribution is 0.544. The molecule has 0 radical (unpaired) electrons. The third kappa shape index (κ3) is 3.25. The lowest BCUT2D eigenvalue weighted by Gasteiger charge is -2.20. The van der Waals surface area contributed by atoms with Crippen molar-refractivity contribution >= 4 is 15.9 Å². The van der Waals surface area contributed by atoms with Crippen LogP contribution in [0.2, 0.25) is 0 Å². The molecule has 4 heteroatoms. The fourth-order valence-corrected chi connectivity index (χ4v) is 2.44. The van der Waals surface area contributed by atoms with Crippen LogP contribution in [0, 0.1) is 18.6 Å². The number of halogens is 3. The second kappa shape index (κ2) is 6.46. The zero-order valence-corrected chi connectivity index (χ0v) is 13.0. The Balaban J connectivity index is 2.49. The zero-order chi connectivity index (χ0) is 14.7. The van der Waals surface area contributed by atoms with Crippen molar-refractivity contribution < 1.29 is 8.78 Å². The van der Waals surface area contributed by atoms with Crippen LogP contribution in [0.5, 0.6) is 0 Å². The molecule has 0 bridgehead atoms. The molecule has 0 saturated heterocycles. The van der Waals surface area contributed by atoms with Crippen molar-refractivity contribution in [2.24, 2.45) is 0 Å². The highest BCUT2D eigenvalue weighted by Crippen LogP contribution is 2.28. The van der Waals surface area contributed by atoms with Crippen LogP contribution < -0.4 is 5.32 Å². The first-order valence-electron chi connectivity index (χ1n) is 6.47. The predicted octanol–water partition coefficient (Wildman–Crippen LogP) is 4.73. The SMILES string of the molecule is CCNC(c1ccc(Br)c(C)c1)c1cc(F)ccc1F. The molecular weight excluding hydrogens is 324 g/mol. The third-order valence-electron chi connectivity index (χ3n) is 3.19. The monoisotopic (exact) mass is 339 g/mol. The summed E-state index contributed by atoms with van der Waals surface area (Å²) in [5.74, 6) is -0.837. The fraction of sp³-hybridized carbons (Fsp3) is 0.250. The Morgan fingerprint density at radius 2 is 1.90 bits per heavy atom. The van der Waals surface area contributed by atoms with E-state index in [4.69, 9.17) is 0 Å². The van der Waals surface area contributed by atoms with Crippen molar-refractivity contribution in [3.8, 4) is 0 Å². The van der Waals surface area contributed by atoms with Crippen LogP contribution in [0.15, 0.2) is 40.9 Å². The number of aryl methyl sites for hydroxylation is 1. The molecule has 1 unspecified atom stereocenters. The standard InChI is InChI=1S/C16H16BrF2N/c1-3-20-16(11-4-6-14(17)10(2)8-11)13-9-12(18)5-7-15(13)19/h4-9,16,20H,3H2,1-2H3. The highest BCUT2D eigenvalue weighted by Gasteiger charge is 2.18. The molecule has 0 aromatic heterocycles. The second-order valence-corrected chi connectivity index (χ2v) is 5.52. The van der Waals surface area contributed by atoms with Crippen molar-refractivity contribution in [1.29, 1.82) is 0 Å². The first kappa shape index (κ1) is 15.1. The minimum atomic E-state index is -0.432. The molecule has 2 aromatic rings. The lowest BCUT2D eigenvalue weighted by atomic mass is 9.96. The van der Waals surface area contributed by atoms with Gasteiger partial charge in [0.2, 0.25) is 0 Å². The number of hydrogen-bond acceptors (Lipinski definition) is 1. The van der Waals surface area contributed by atoms with Gasteiger partial charge < -0.3 is 5.32 Å². The van der Waals surface area contributed by atoms with Crippen molar-refractivity contribution in [2.45, 2.75) is 19.9 Å². The maximum atomic E-state index is 14.0. The summed E-state index contributed by atoms with van der Waals surface area (Å²) in [5, 5.41) is 3.21. The normalized spacial score (nSPS) is 12.4. The van der Waals surface area contributed by atoms with Crippen molar-refractivity contribution in [2.75, 3.05) is 6.54 Å². The molecule has 0 heterocycles. The van der Waals surface area contributed by atoms with Gasteiger partial charge in [0.1, 0.15) is 11.6 Å². The van der Waals surface area contributed by atoms with Gasteiger partial charge in [0, 0.05) is 10.0 Å². The minimum Gasteiger partial charge on any atom is -0.306 e. The van der Waals surface area contributed by atoms with Gasteiger partial charge >= 0.3 is 0 Å². The highest BCUT2D eigenvalue weighted by molar-refractivity contribution is 9.10. The molecule has 1 N–H and O–H groups in total. The first-order valence-corrected chi connectivity index (χ1v) is 7.26. The lowest BCUT2D eigenvalue weighted by Crippen LogP contribution is -2.23. The average molecular weight is 340 g/mol. The fourth-order valence-electron chi connectivity index (χ4n) is 2.19. The predicted molar refractivity (Wildman–Crippen MR) is 80.8 cm³/mol.